The third-order valence-electron chi connectivity index (χ3n) is 2.42. The molecule has 5 heteroatoms. The van der Waals surface area contributed by atoms with Gasteiger partial charge in [0.25, 0.3) is 0 Å². The van der Waals surface area contributed by atoms with Gasteiger partial charge in [0.15, 0.2) is 5.11 Å². The summed E-state index contributed by atoms with van der Waals surface area (Å²) < 4.78 is 5.37. The lowest BCUT2D eigenvalue weighted by atomic mass is 9.85. The summed E-state index contributed by atoms with van der Waals surface area (Å²) in [5.74, 6) is 0.877. The average molecular weight is 265 g/mol. The summed E-state index contributed by atoms with van der Waals surface area (Å²) in [4.78, 5) is 0. The summed E-state index contributed by atoms with van der Waals surface area (Å²) in [7, 11) is 1.67. The molecule has 0 bridgehead atoms. The highest BCUT2D eigenvalue weighted by Gasteiger charge is 2.18. The number of hydrogen-bond donors (Lipinski definition) is 2. The predicted octanol–water partition coefficient (Wildman–Crippen LogP) is 2.16. The van der Waals surface area contributed by atoms with Crippen LogP contribution in [-0.2, 0) is 5.41 Å². The normalized spacial score (nSPS) is 11.6. The van der Waals surface area contributed by atoms with E-state index in [1.165, 1.54) is 0 Å². The van der Waals surface area contributed by atoms with Crippen molar-refractivity contribution in [3.05, 3.63) is 29.3 Å². The molecule has 0 fully saturated rings. The lowest BCUT2D eigenvalue weighted by Gasteiger charge is -2.22. The van der Waals surface area contributed by atoms with Crippen molar-refractivity contribution < 1.29 is 4.74 Å². The molecular weight excluding hydrogens is 246 g/mol. The zero-order valence-electron chi connectivity index (χ0n) is 11.2. The van der Waals surface area contributed by atoms with Crippen LogP contribution in [0.3, 0.4) is 0 Å². The van der Waals surface area contributed by atoms with Gasteiger partial charge >= 0.3 is 0 Å². The summed E-state index contributed by atoms with van der Waals surface area (Å²) in [6, 6.07) is 5.91. The third kappa shape index (κ3) is 4.00. The van der Waals surface area contributed by atoms with Crippen molar-refractivity contribution in [2.75, 3.05) is 7.11 Å². The Morgan fingerprint density at radius 1 is 1.44 bits per heavy atom. The number of nitrogens with zero attached hydrogens (tertiary/aromatic N) is 1. The highest BCUT2D eigenvalue weighted by Crippen LogP contribution is 2.31. The number of rotatable bonds is 3. The van der Waals surface area contributed by atoms with Crippen LogP contribution in [0.4, 0.5) is 0 Å². The van der Waals surface area contributed by atoms with Crippen LogP contribution in [0, 0.1) is 0 Å². The van der Waals surface area contributed by atoms with E-state index in [1.807, 2.05) is 18.2 Å². The van der Waals surface area contributed by atoms with Crippen molar-refractivity contribution in [1.29, 1.82) is 0 Å². The highest BCUT2D eigenvalue weighted by molar-refractivity contribution is 7.80. The Labute approximate surface area is 113 Å². The van der Waals surface area contributed by atoms with Gasteiger partial charge in [0, 0.05) is 5.56 Å². The highest BCUT2D eigenvalue weighted by atomic mass is 32.1. The summed E-state index contributed by atoms with van der Waals surface area (Å²) in [5.41, 5.74) is 9.91. The van der Waals surface area contributed by atoms with E-state index in [0.717, 1.165) is 16.9 Å². The molecule has 0 spiro atoms. The molecule has 1 rings (SSSR count). The number of ether oxygens (including phenoxy) is 1. The molecule has 0 aliphatic rings. The number of nitrogens with one attached hydrogen (secondary N) is 1. The molecule has 98 valence electrons. The molecule has 1 aromatic carbocycles. The van der Waals surface area contributed by atoms with Crippen LogP contribution in [0.5, 0.6) is 5.75 Å². The maximum absolute atomic E-state index is 5.37. The van der Waals surface area contributed by atoms with E-state index >= 15 is 0 Å². The molecule has 0 saturated heterocycles. The maximum Gasteiger partial charge on any atom is 0.184 e. The van der Waals surface area contributed by atoms with E-state index < -0.39 is 0 Å². The largest absolute Gasteiger partial charge is 0.496 e. The lowest BCUT2D eigenvalue weighted by molar-refractivity contribution is 0.397. The molecule has 0 atom stereocenters. The Morgan fingerprint density at radius 3 is 2.61 bits per heavy atom. The van der Waals surface area contributed by atoms with Crippen LogP contribution in [0.1, 0.15) is 31.9 Å². The van der Waals surface area contributed by atoms with Gasteiger partial charge in [0.1, 0.15) is 5.75 Å². The molecule has 0 aliphatic carbocycles. The molecule has 0 aliphatic heterocycles. The SMILES string of the molecule is COc1ccc(C=NNC(N)=S)cc1C(C)(C)C. The molecule has 0 radical (unpaired) electrons. The van der Waals surface area contributed by atoms with Gasteiger partial charge in [-0.25, -0.2) is 0 Å². The Morgan fingerprint density at radius 2 is 2.11 bits per heavy atom. The van der Waals surface area contributed by atoms with Crippen molar-refractivity contribution in [2.24, 2.45) is 10.8 Å². The third-order valence-corrected chi connectivity index (χ3v) is 2.51. The Hall–Kier alpha value is -1.62. The van der Waals surface area contributed by atoms with Gasteiger partial charge in [0.05, 0.1) is 13.3 Å². The van der Waals surface area contributed by atoms with Crippen molar-refractivity contribution in [3.8, 4) is 5.75 Å². The molecule has 0 amide bonds. The van der Waals surface area contributed by atoms with Gasteiger partial charge in [-0.2, -0.15) is 5.10 Å². The van der Waals surface area contributed by atoms with Crippen molar-refractivity contribution >= 4 is 23.5 Å². The smallest absolute Gasteiger partial charge is 0.184 e. The van der Waals surface area contributed by atoms with Gasteiger partial charge in [-0.05, 0) is 41.4 Å². The van der Waals surface area contributed by atoms with E-state index in [4.69, 9.17) is 10.5 Å². The maximum atomic E-state index is 5.37. The lowest BCUT2D eigenvalue weighted by Crippen LogP contribution is -2.24. The van der Waals surface area contributed by atoms with Crippen LogP contribution in [0.2, 0.25) is 0 Å². The van der Waals surface area contributed by atoms with Crippen LogP contribution >= 0.6 is 12.2 Å². The summed E-state index contributed by atoms with van der Waals surface area (Å²) in [6.07, 6.45) is 1.67. The molecule has 0 unspecified atom stereocenters. The van der Waals surface area contributed by atoms with Crippen LogP contribution in [0.15, 0.2) is 23.3 Å². The molecule has 18 heavy (non-hydrogen) atoms. The molecule has 3 N–H and O–H groups in total. The summed E-state index contributed by atoms with van der Waals surface area (Å²) in [6.45, 7) is 6.41. The first kappa shape index (κ1) is 14.4. The average Bonchev–Trinajstić information content (AvgIpc) is 2.27. The fraction of sp³-hybridized carbons (Fsp3) is 0.385. The Kier molecular flexibility index (Phi) is 4.67. The molecule has 0 heterocycles. The number of thiocarbonyl (C=S) groups is 1. The van der Waals surface area contributed by atoms with Gasteiger partial charge in [-0.1, -0.05) is 20.8 Å². The second-order valence-corrected chi connectivity index (χ2v) is 5.38. The van der Waals surface area contributed by atoms with Crippen LogP contribution in [0.25, 0.3) is 0 Å². The molecule has 0 saturated carbocycles. The molecule has 0 aromatic heterocycles. The van der Waals surface area contributed by atoms with Crippen molar-refractivity contribution in [3.63, 3.8) is 0 Å². The van der Waals surface area contributed by atoms with E-state index in [9.17, 15) is 0 Å². The second kappa shape index (κ2) is 5.82. The number of nitrogens with two attached hydrogens (primary N) is 1. The first-order chi connectivity index (χ1) is 8.34. The first-order valence-electron chi connectivity index (χ1n) is 5.61. The monoisotopic (exact) mass is 265 g/mol. The van der Waals surface area contributed by atoms with Crippen molar-refractivity contribution in [2.45, 2.75) is 26.2 Å². The van der Waals surface area contributed by atoms with E-state index in [1.54, 1.807) is 13.3 Å². The van der Waals surface area contributed by atoms with E-state index in [2.05, 4.69) is 43.5 Å². The fourth-order valence-electron chi connectivity index (χ4n) is 1.56. The zero-order chi connectivity index (χ0) is 13.8. The van der Waals surface area contributed by atoms with Gasteiger partial charge in [-0.3, -0.25) is 5.43 Å². The number of methoxy groups -OCH3 is 1. The minimum Gasteiger partial charge on any atom is -0.496 e. The van der Waals surface area contributed by atoms with Crippen LogP contribution < -0.4 is 15.9 Å². The van der Waals surface area contributed by atoms with Crippen LogP contribution in [-0.4, -0.2) is 18.4 Å². The van der Waals surface area contributed by atoms with E-state index in [-0.39, 0.29) is 10.5 Å². The molecule has 1 aromatic rings. The van der Waals surface area contributed by atoms with Gasteiger partial charge in [-0.15, -0.1) is 0 Å². The quantitative estimate of drug-likeness (QED) is 0.499. The number of benzene rings is 1. The summed E-state index contributed by atoms with van der Waals surface area (Å²) >= 11 is 4.67. The number of hydrogen-bond acceptors (Lipinski definition) is 3. The Bertz CT molecular complexity index is 464. The van der Waals surface area contributed by atoms with Crippen molar-refractivity contribution in [1.82, 2.24) is 5.43 Å². The second-order valence-electron chi connectivity index (χ2n) is 4.94. The minimum absolute atomic E-state index is 0.00574. The Balaban J connectivity index is 3.03. The predicted molar refractivity (Wildman–Crippen MR) is 79.2 cm³/mol. The molecular formula is C13H19N3OS. The van der Waals surface area contributed by atoms with E-state index in [0.29, 0.717) is 0 Å². The fourth-order valence-corrected chi connectivity index (χ4v) is 1.62. The zero-order valence-corrected chi connectivity index (χ0v) is 12.0. The minimum atomic E-state index is 0.00574. The van der Waals surface area contributed by atoms with Gasteiger partial charge < -0.3 is 10.5 Å². The topological polar surface area (TPSA) is 59.6 Å². The van der Waals surface area contributed by atoms with Gasteiger partial charge in [0.2, 0.25) is 0 Å². The summed E-state index contributed by atoms with van der Waals surface area (Å²) in [5, 5.41) is 4.09. The first-order valence-corrected chi connectivity index (χ1v) is 6.02. The standard InChI is InChI=1S/C13H19N3OS/c1-13(2,3)10-7-9(5-6-11(10)17-4)8-15-16-12(14)18/h5-8H,1-4H3,(H3,14,16,18). The number of hydrazone groups is 1. The molecule has 4 nitrogen and oxygen atoms in total.